The van der Waals surface area contributed by atoms with Crippen LogP contribution in [0.3, 0.4) is 0 Å². The van der Waals surface area contributed by atoms with Crippen molar-refractivity contribution in [3.05, 3.63) is 0 Å². The number of ether oxygens (including phenoxy) is 1. The largest absolute Gasteiger partial charge is 0.476 e. The van der Waals surface area contributed by atoms with Gasteiger partial charge in [-0.25, -0.2) is 0 Å². The zero-order chi connectivity index (χ0) is 12.0. The van der Waals surface area contributed by atoms with E-state index < -0.39 is 0 Å². The first-order valence-electron chi connectivity index (χ1n) is 5.17. The minimum Gasteiger partial charge on any atom is -0.476 e. The van der Waals surface area contributed by atoms with Crippen molar-refractivity contribution in [2.24, 2.45) is 0 Å². The molecule has 0 atom stereocenters. The zero-order valence-electron chi connectivity index (χ0n) is 9.36. The maximum atomic E-state index is 5.65. The molecule has 0 aliphatic rings. The van der Waals surface area contributed by atoms with E-state index in [0.29, 0.717) is 6.61 Å². The second-order valence-electron chi connectivity index (χ2n) is 3.24. The van der Waals surface area contributed by atoms with Gasteiger partial charge in [-0.2, -0.15) is 9.97 Å². The van der Waals surface area contributed by atoms with Gasteiger partial charge in [0, 0.05) is 0 Å². The third kappa shape index (κ3) is 3.43. The Morgan fingerprint density at radius 2 is 2.00 bits per heavy atom. The van der Waals surface area contributed by atoms with Gasteiger partial charge in [-0.05, 0) is 19.5 Å². The smallest absolute Gasteiger partial charge is 0.244 e. The van der Waals surface area contributed by atoms with Gasteiger partial charge >= 0.3 is 0 Å². The van der Waals surface area contributed by atoms with Gasteiger partial charge in [0.25, 0.3) is 0 Å². The summed E-state index contributed by atoms with van der Waals surface area (Å²) in [5.41, 5.74) is 16.8. The van der Waals surface area contributed by atoms with Crippen LogP contribution >= 0.6 is 0 Å². The molecule has 0 aliphatic heterocycles. The molecule has 0 saturated heterocycles. The molecule has 7 N–H and O–H groups in total. The maximum Gasteiger partial charge on any atom is 0.244 e. The van der Waals surface area contributed by atoms with Crippen molar-refractivity contribution >= 4 is 17.5 Å². The van der Waals surface area contributed by atoms with Gasteiger partial charge in [0.15, 0.2) is 5.82 Å². The summed E-state index contributed by atoms with van der Waals surface area (Å²) in [7, 11) is 0. The molecule has 0 unspecified atom stereocenters. The van der Waals surface area contributed by atoms with Crippen molar-refractivity contribution < 1.29 is 4.74 Å². The minimum absolute atomic E-state index is 0.0633. The second-order valence-corrected chi connectivity index (χ2v) is 3.24. The highest BCUT2D eigenvalue weighted by Gasteiger charge is 2.08. The highest BCUT2D eigenvalue weighted by molar-refractivity contribution is 5.65. The fourth-order valence-electron chi connectivity index (χ4n) is 1.14. The molecule has 0 aromatic carbocycles. The number of nitrogens with one attached hydrogen (secondary N) is 1. The molecule has 0 radical (unpaired) electrons. The van der Waals surface area contributed by atoms with E-state index in [9.17, 15) is 0 Å². The lowest BCUT2D eigenvalue weighted by Gasteiger charge is -2.09. The van der Waals surface area contributed by atoms with Crippen molar-refractivity contribution in [2.45, 2.75) is 13.3 Å². The molecular weight excluding hydrogens is 208 g/mol. The normalized spacial score (nSPS) is 10.3. The Morgan fingerprint density at radius 3 is 2.69 bits per heavy atom. The molecule has 0 bridgehead atoms. The van der Waals surface area contributed by atoms with Gasteiger partial charge in [0.1, 0.15) is 5.69 Å². The minimum atomic E-state index is 0.0633. The second kappa shape index (κ2) is 5.96. The first-order chi connectivity index (χ1) is 7.65. The number of anilines is 3. The SMILES string of the molecule is CCNCCCOc1nc(N)nc(N)c1N. The summed E-state index contributed by atoms with van der Waals surface area (Å²) in [6, 6.07) is 0. The Balaban J connectivity index is 2.47. The Hall–Kier alpha value is -1.76. The number of hydrogen-bond donors (Lipinski definition) is 4. The van der Waals surface area contributed by atoms with Crippen LogP contribution in [0, 0.1) is 0 Å². The molecule has 90 valence electrons. The van der Waals surface area contributed by atoms with Crippen LogP contribution in [-0.4, -0.2) is 29.7 Å². The van der Waals surface area contributed by atoms with Gasteiger partial charge in [0.05, 0.1) is 6.61 Å². The highest BCUT2D eigenvalue weighted by atomic mass is 16.5. The van der Waals surface area contributed by atoms with Crippen LogP contribution in [0.2, 0.25) is 0 Å². The number of nitrogen functional groups attached to an aromatic ring is 3. The van der Waals surface area contributed by atoms with E-state index in [1.807, 2.05) is 6.92 Å². The van der Waals surface area contributed by atoms with E-state index in [0.717, 1.165) is 19.5 Å². The molecule has 7 nitrogen and oxygen atoms in total. The third-order valence-corrected chi connectivity index (χ3v) is 1.94. The molecule has 0 saturated carbocycles. The topological polar surface area (TPSA) is 125 Å². The van der Waals surface area contributed by atoms with Crippen LogP contribution < -0.4 is 27.3 Å². The van der Waals surface area contributed by atoms with Gasteiger partial charge in [0.2, 0.25) is 11.8 Å². The Bertz CT molecular complexity index is 343. The third-order valence-electron chi connectivity index (χ3n) is 1.94. The predicted octanol–water partition coefficient (Wildman–Crippen LogP) is -0.398. The van der Waals surface area contributed by atoms with Gasteiger partial charge in [-0.15, -0.1) is 0 Å². The monoisotopic (exact) mass is 226 g/mol. The van der Waals surface area contributed by atoms with E-state index in [1.54, 1.807) is 0 Å². The molecule has 1 rings (SSSR count). The molecule has 7 heteroatoms. The van der Waals surface area contributed by atoms with Crippen LogP contribution in [0.4, 0.5) is 17.5 Å². The predicted molar refractivity (Wildman–Crippen MR) is 63.9 cm³/mol. The lowest BCUT2D eigenvalue weighted by molar-refractivity contribution is 0.299. The van der Waals surface area contributed by atoms with E-state index in [2.05, 4.69) is 15.3 Å². The number of nitrogens with zero attached hydrogens (tertiary/aromatic N) is 2. The van der Waals surface area contributed by atoms with Gasteiger partial charge in [-0.1, -0.05) is 6.92 Å². The van der Waals surface area contributed by atoms with Crippen molar-refractivity contribution in [1.29, 1.82) is 0 Å². The van der Waals surface area contributed by atoms with E-state index in [-0.39, 0.29) is 23.3 Å². The molecule has 0 spiro atoms. The molecular formula is C9H18N6O. The Labute approximate surface area is 94.4 Å². The molecule has 0 aliphatic carbocycles. The summed E-state index contributed by atoms with van der Waals surface area (Å²) in [5, 5.41) is 3.18. The summed E-state index contributed by atoms with van der Waals surface area (Å²) < 4.78 is 5.37. The number of nitrogens with two attached hydrogens (primary N) is 3. The van der Waals surface area contributed by atoms with Crippen LogP contribution in [-0.2, 0) is 0 Å². The van der Waals surface area contributed by atoms with Crippen LogP contribution in [0.1, 0.15) is 13.3 Å². The van der Waals surface area contributed by atoms with Crippen LogP contribution in [0.5, 0.6) is 5.88 Å². The first-order valence-corrected chi connectivity index (χ1v) is 5.17. The van der Waals surface area contributed by atoms with Crippen molar-refractivity contribution in [1.82, 2.24) is 15.3 Å². The Kier molecular flexibility index (Phi) is 4.59. The fraction of sp³-hybridized carbons (Fsp3) is 0.556. The standard InChI is InChI=1S/C9H18N6O/c1-2-13-4-3-5-16-8-6(10)7(11)14-9(12)15-8/h13H,2-5,10H2,1H3,(H4,11,12,14,15). The van der Waals surface area contributed by atoms with Crippen LogP contribution in [0.25, 0.3) is 0 Å². The van der Waals surface area contributed by atoms with E-state index in [4.69, 9.17) is 21.9 Å². The maximum absolute atomic E-state index is 5.65. The Morgan fingerprint density at radius 1 is 1.25 bits per heavy atom. The summed E-state index contributed by atoms with van der Waals surface area (Å²) in [4.78, 5) is 7.59. The molecule has 16 heavy (non-hydrogen) atoms. The quantitative estimate of drug-likeness (QED) is 0.486. The van der Waals surface area contributed by atoms with E-state index in [1.165, 1.54) is 0 Å². The zero-order valence-corrected chi connectivity index (χ0v) is 9.36. The number of hydrogen-bond acceptors (Lipinski definition) is 7. The molecule has 1 heterocycles. The van der Waals surface area contributed by atoms with E-state index >= 15 is 0 Å². The van der Waals surface area contributed by atoms with Crippen molar-refractivity contribution in [3.63, 3.8) is 0 Å². The van der Waals surface area contributed by atoms with Crippen molar-refractivity contribution in [3.8, 4) is 5.88 Å². The van der Waals surface area contributed by atoms with Crippen LogP contribution in [0.15, 0.2) is 0 Å². The highest BCUT2D eigenvalue weighted by Crippen LogP contribution is 2.24. The number of aromatic nitrogens is 2. The molecule has 1 aromatic rings. The first kappa shape index (κ1) is 12.3. The number of rotatable bonds is 6. The molecule has 0 amide bonds. The van der Waals surface area contributed by atoms with Gasteiger partial charge in [-0.3, -0.25) is 0 Å². The summed E-state index contributed by atoms with van der Waals surface area (Å²) in [5.74, 6) is 0.462. The lowest BCUT2D eigenvalue weighted by atomic mass is 10.4. The average molecular weight is 226 g/mol. The van der Waals surface area contributed by atoms with Gasteiger partial charge < -0.3 is 27.3 Å². The fourth-order valence-corrected chi connectivity index (χ4v) is 1.14. The lowest BCUT2D eigenvalue weighted by Crippen LogP contribution is -2.17. The summed E-state index contributed by atoms with van der Waals surface area (Å²) >= 11 is 0. The van der Waals surface area contributed by atoms with Crippen molar-refractivity contribution in [2.75, 3.05) is 36.9 Å². The summed E-state index contributed by atoms with van der Waals surface area (Å²) in [6.07, 6.45) is 0.858. The molecule has 0 fully saturated rings. The summed E-state index contributed by atoms with van der Waals surface area (Å²) in [6.45, 7) is 4.37. The molecule has 1 aromatic heterocycles. The average Bonchev–Trinajstić information content (AvgIpc) is 2.24.